The maximum Gasteiger partial charge on any atom is 0.287 e. The van der Waals surface area contributed by atoms with Gasteiger partial charge in [-0.25, -0.2) is 4.39 Å². The van der Waals surface area contributed by atoms with Gasteiger partial charge in [-0.3, -0.25) is 4.79 Å². The molecule has 1 unspecified atom stereocenters. The molecule has 1 atom stereocenters. The van der Waals surface area contributed by atoms with Crippen LogP contribution >= 0.6 is 23.8 Å². The molecule has 3 rings (SSSR count). The molecule has 1 aromatic carbocycles. The number of rotatable bonds is 5. The molecule has 1 aromatic heterocycles. The summed E-state index contributed by atoms with van der Waals surface area (Å²) in [4.78, 5) is 15.0. The lowest BCUT2D eigenvalue weighted by Crippen LogP contribution is -2.51. The maximum atomic E-state index is 13.3. The highest BCUT2D eigenvalue weighted by Crippen LogP contribution is 2.25. The van der Waals surface area contributed by atoms with Crippen LogP contribution in [-0.4, -0.2) is 34.4 Å². The molecule has 7 heteroatoms. The molecule has 1 amide bonds. The highest BCUT2D eigenvalue weighted by molar-refractivity contribution is 7.80. The van der Waals surface area contributed by atoms with Crippen LogP contribution in [-0.2, 0) is 6.42 Å². The molecule has 0 bridgehead atoms. The first-order valence-electron chi connectivity index (χ1n) is 7.99. The molecule has 0 saturated carbocycles. The van der Waals surface area contributed by atoms with Gasteiger partial charge in [0.1, 0.15) is 10.8 Å². The van der Waals surface area contributed by atoms with Crippen molar-refractivity contribution in [3.63, 3.8) is 0 Å². The molecule has 1 aliphatic rings. The third-order valence-electron chi connectivity index (χ3n) is 4.39. The molecule has 1 saturated heterocycles. The Morgan fingerprint density at radius 3 is 2.92 bits per heavy atom. The third kappa shape index (κ3) is 4.02. The number of thiocarbonyl (C=S) groups is 1. The number of furan rings is 1. The summed E-state index contributed by atoms with van der Waals surface area (Å²) in [6.45, 7) is 3.32. The number of halogens is 2. The average molecular weight is 381 g/mol. The van der Waals surface area contributed by atoms with Gasteiger partial charge in [-0.05, 0) is 61.2 Å². The van der Waals surface area contributed by atoms with Crippen molar-refractivity contribution in [2.45, 2.75) is 25.3 Å². The Morgan fingerprint density at radius 2 is 2.24 bits per heavy atom. The molecule has 0 aliphatic carbocycles. The van der Waals surface area contributed by atoms with Crippen LogP contribution < -0.4 is 5.32 Å². The number of carbonyl (C=O) groups is 1. The van der Waals surface area contributed by atoms with Crippen molar-refractivity contribution >= 4 is 34.7 Å². The molecule has 1 aliphatic heterocycles. The monoisotopic (exact) mass is 380 g/mol. The Hall–Kier alpha value is -1.92. The summed E-state index contributed by atoms with van der Waals surface area (Å²) in [5, 5.41) is 3.11. The molecule has 0 radical (unpaired) electrons. The smallest absolute Gasteiger partial charge is 0.287 e. The average Bonchev–Trinajstić information content (AvgIpc) is 3.11. The second-order valence-electron chi connectivity index (χ2n) is 6.31. The summed E-state index contributed by atoms with van der Waals surface area (Å²) in [6.07, 6.45) is 1.39. The van der Waals surface area contributed by atoms with E-state index >= 15 is 0 Å². The molecular formula is C18H18ClFN2O2S. The highest BCUT2D eigenvalue weighted by atomic mass is 35.5. The predicted octanol–water partition coefficient (Wildman–Crippen LogP) is 3.84. The summed E-state index contributed by atoms with van der Waals surface area (Å²) in [5.74, 6) is -0.424. The Morgan fingerprint density at radius 1 is 1.44 bits per heavy atom. The predicted molar refractivity (Wildman–Crippen MR) is 98.5 cm³/mol. The van der Waals surface area contributed by atoms with E-state index in [9.17, 15) is 9.18 Å². The lowest BCUT2D eigenvalue weighted by Gasteiger charge is -2.27. The van der Waals surface area contributed by atoms with Gasteiger partial charge >= 0.3 is 0 Å². The fourth-order valence-electron chi connectivity index (χ4n) is 2.95. The number of hydrogen-bond acceptors (Lipinski definition) is 3. The molecule has 4 nitrogen and oxygen atoms in total. The second-order valence-corrected chi connectivity index (χ2v) is 7.07. The fraction of sp³-hybridized carbons (Fsp3) is 0.333. The van der Waals surface area contributed by atoms with Crippen LogP contribution in [0.3, 0.4) is 0 Å². The zero-order valence-corrected chi connectivity index (χ0v) is 15.3. The molecule has 2 aromatic rings. The van der Waals surface area contributed by atoms with E-state index < -0.39 is 5.54 Å². The van der Waals surface area contributed by atoms with Crippen LogP contribution in [0.15, 0.2) is 40.8 Å². The Balaban J connectivity index is 1.61. The summed E-state index contributed by atoms with van der Waals surface area (Å²) in [6, 6.07) is 9.60. The van der Waals surface area contributed by atoms with E-state index in [1.165, 1.54) is 24.3 Å². The molecule has 132 valence electrons. The van der Waals surface area contributed by atoms with Gasteiger partial charge < -0.3 is 14.6 Å². The summed E-state index contributed by atoms with van der Waals surface area (Å²) in [5.41, 5.74) is 0.304. The number of nitrogens with one attached hydrogen (secondary N) is 1. The second kappa shape index (κ2) is 7.14. The third-order valence-corrected chi connectivity index (χ3v) is 5.30. The van der Waals surface area contributed by atoms with Gasteiger partial charge in [0.15, 0.2) is 11.0 Å². The molecule has 25 heavy (non-hydrogen) atoms. The summed E-state index contributed by atoms with van der Waals surface area (Å²) in [7, 11) is 0. The number of carbonyl (C=O) groups excluding carboxylic acids is 1. The number of nitrogens with zero attached hydrogens (tertiary/aromatic N) is 1. The normalized spacial score (nSPS) is 20.1. The summed E-state index contributed by atoms with van der Waals surface area (Å²) >= 11 is 11.3. The number of benzene rings is 1. The van der Waals surface area contributed by atoms with Crippen molar-refractivity contribution in [2.75, 3.05) is 13.1 Å². The van der Waals surface area contributed by atoms with Gasteiger partial charge in [0, 0.05) is 13.1 Å². The highest BCUT2D eigenvalue weighted by Gasteiger charge is 2.40. The molecule has 2 heterocycles. The molecule has 1 N–H and O–H groups in total. The first kappa shape index (κ1) is 17.9. The van der Waals surface area contributed by atoms with E-state index in [1.807, 2.05) is 13.0 Å². The lowest BCUT2D eigenvalue weighted by atomic mass is 10.0. The minimum absolute atomic E-state index is 0.159. The minimum Gasteiger partial charge on any atom is -0.440 e. The van der Waals surface area contributed by atoms with E-state index in [0.29, 0.717) is 24.4 Å². The van der Waals surface area contributed by atoms with E-state index in [-0.39, 0.29) is 22.7 Å². The van der Waals surface area contributed by atoms with Crippen LogP contribution in [0, 0.1) is 5.82 Å². The largest absolute Gasteiger partial charge is 0.440 e. The van der Waals surface area contributed by atoms with Crippen molar-refractivity contribution in [1.29, 1.82) is 0 Å². The van der Waals surface area contributed by atoms with Crippen LogP contribution in [0.2, 0.25) is 5.22 Å². The molecular weight excluding hydrogens is 363 g/mol. The van der Waals surface area contributed by atoms with Gasteiger partial charge in [0.05, 0.1) is 5.54 Å². The summed E-state index contributed by atoms with van der Waals surface area (Å²) < 4.78 is 18.4. The number of likely N-dealkylation sites (tertiary alicyclic amines) is 1. The quantitative estimate of drug-likeness (QED) is 0.800. The zero-order valence-electron chi connectivity index (χ0n) is 13.7. The van der Waals surface area contributed by atoms with E-state index in [2.05, 4.69) is 10.2 Å². The molecule has 1 fully saturated rings. The van der Waals surface area contributed by atoms with Crippen LogP contribution in [0.1, 0.15) is 29.5 Å². The van der Waals surface area contributed by atoms with Gasteiger partial charge in [-0.2, -0.15) is 0 Å². The van der Waals surface area contributed by atoms with E-state index in [1.54, 1.807) is 6.07 Å². The first-order chi connectivity index (χ1) is 11.9. The minimum atomic E-state index is -0.617. The Bertz CT molecular complexity index is 810. The van der Waals surface area contributed by atoms with Crippen LogP contribution in [0.25, 0.3) is 0 Å². The van der Waals surface area contributed by atoms with Gasteiger partial charge in [-0.15, -0.1) is 0 Å². The van der Waals surface area contributed by atoms with Crippen molar-refractivity contribution in [3.05, 3.63) is 58.8 Å². The zero-order chi connectivity index (χ0) is 18.0. The van der Waals surface area contributed by atoms with Crippen molar-refractivity contribution in [3.8, 4) is 0 Å². The SMILES string of the molecule is CC1(NC(=O)c2ccc(Cl)o2)CCN(CCc2cccc(F)c2)C1=S. The van der Waals surface area contributed by atoms with Crippen LogP contribution in [0.5, 0.6) is 0 Å². The number of hydrogen-bond donors (Lipinski definition) is 1. The molecule has 0 spiro atoms. The lowest BCUT2D eigenvalue weighted by molar-refractivity contribution is 0.0900. The van der Waals surface area contributed by atoms with E-state index in [4.69, 9.17) is 28.2 Å². The Kier molecular flexibility index (Phi) is 5.11. The first-order valence-corrected chi connectivity index (χ1v) is 8.78. The van der Waals surface area contributed by atoms with Crippen molar-refractivity contribution in [1.82, 2.24) is 10.2 Å². The fourth-order valence-corrected chi connectivity index (χ4v) is 3.43. The number of amides is 1. The van der Waals surface area contributed by atoms with Crippen LogP contribution in [0.4, 0.5) is 4.39 Å². The van der Waals surface area contributed by atoms with Crippen molar-refractivity contribution < 1.29 is 13.6 Å². The standard InChI is InChI=1S/C18H18ClFN2O2S/c1-18(21-16(23)14-5-6-15(19)24-14)8-10-22(17(18)25)9-7-12-3-2-4-13(20)11-12/h2-6,11H,7-10H2,1H3,(H,21,23). The van der Waals surface area contributed by atoms with E-state index in [0.717, 1.165) is 12.1 Å². The van der Waals surface area contributed by atoms with Gasteiger partial charge in [0.25, 0.3) is 5.91 Å². The van der Waals surface area contributed by atoms with Crippen molar-refractivity contribution in [2.24, 2.45) is 0 Å². The Labute approximate surface area is 155 Å². The topological polar surface area (TPSA) is 45.5 Å². The van der Waals surface area contributed by atoms with Gasteiger partial charge in [-0.1, -0.05) is 24.4 Å². The maximum absolute atomic E-state index is 13.3. The van der Waals surface area contributed by atoms with Gasteiger partial charge in [0.2, 0.25) is 0 Å².